The molecule has 0 amide bonds. The lowest BCUT2D eigenvalue weighted by Crippen LogP contribution is -2.42. The van der Waals surface area contributed by atoms with Crippen LogP contribution in [0.15, 0.2) is 12.2 Å². The highest BCUT2D eigenvalue weighted by atomic mass is 16.5. The van der Waals surface area contributed by atoms with Crippen LogP contribution in [0.25, 0.3) is 0 Å². The van der Waals surface area contributed by atoms with Crippen molar-refractivity contribution in [3.63, 3.8) is 0 Å². The highest BCUT2D eigenvalue weighted by Gasteiger charge is 2.48. The van der Waals surface area contributed by atoms with Crippen molar-refractivity contribution < 1.29 is 14.3 Å². The van der Waals surface area contributed by atoms with Crippen molar-refractivity contribution in [2.24, 2.45) is 11.7 Å². The van der Waals surface area contributed by atoms with E-state index in [2.05, 4.69) is 4.74 Å². The van der Waals surface area contributed by atoms with Crippen LogP contribution >= 0.6 is 0 Å². The van der Waals surface area contributed by atoms with Gasteiger partial charge in [-0.15, -0.1) is 0 Å². The molecule has 12 heavy (non-hydrogen) atoms. The van der Waals surface area contributed by atoms with E-state index in [1.807, 2.05) is 12.2 Å². The number of ether oxygens (including phenoxy) is 2. The smallest absolute Gasteiger partial charge is 0.313 e. The van der Waals surface area contributed by atoms with Gasteiger partial charge in [-0.3, -0.25) is 4.79 Å². The summed E-state index contributed by atoms with van der Waals surface area (Å²) in [6, 6.07) is -0.243. The summed E-state index contributed by atoms with van der Waals surface area (Å²) < 4.78 is 10.0. The van der Waals surface area contributed by atoms with E-state index in [0.717, 1.165) is 0 Å². The predicted molar refractivity (Wildman–Crippen MR) is 41.3 cm³/mol. The molecule has 0 aromatic heterocycles. The van der Waals surface area contributed by atoms with Gasteiger partial charge in [0.25, 0.3) is 0 Å². The molecule has 1 saturated heterocycles. The topological polar surface area (TPSA) is 61.5 Å². The van der Waals surface area contributed by atoms with Crippen molar-refractivity contribution >= 4 is 5.97 Å². The van der Waals surface area contributed by atoms with Crippen molar-refractivity contribution in [3.05, 3.63) is 12.2 Å². The Kier molecular flexibility index (Phi) is 1.66. The Morgan fingerprint density at radius 1 is 1.50 bits per heavy atom. The van der Waals surface area contributed by atoms with Gasteiger partial charge in [0.2, 0.25) is 0 Å². The van der Waals surface area contributed by atoms with Gasteiger partial charge in [-0.2, -0.15) is 0 Å². The summed E-state index contributed by atoms with van der Waals surface area (Å²) >= 11 is 0. The summed E-state index contributed by atoms with van der Waals surface area (Å²) in [6.07, 6.45) is 3.50. The van der Waals surface area contributed by atoms with Crippen LogP contribution in [0.1, 0.15) is 0 Å². The SMILES string of the molecule is COC(=O)[C@@H]1[C@@H](N)[C@H]2C=C[C@H]1O2. The Hall–Kier alpha value is -0.870. The quantitative estimate of drug-likeness (QED) is 0.422. The number of fused-ring (bicyclic) bond motifs is 2. The van der Waals surface area contributed by atoms with Gasteiger partial charge in [-0.25, -0.2) is 0 Å². The molecule has 0 unspecified atom stereocenters. The number of nitrogens with two attached hydrogens (primary N) is 1. The lowest BCUT2D eigenvalue weighted by Gasteiger charge is -2.18. The minimum Gasteiger partial charge on any atom is -0.469 e. The second kappa shape index (κ2) is 2.57. The van der Waals surface area contributed by atoms with Crippen LogP contribution in [0.5, 0.6) is 0 Å². The van der Waals surface area contributed by atoms with Gasteiger partial charge < -0.3 is 15.2 Å². The molecule has 0 radical (unpaired) electrons. The highest BCUT2D eigenvalue weighted by molar-refractivity contribution is 5.75. The number of hydrogen-bond acceptors (Lipinski definition) is 4. The molecule has 2 aliphatic rings. The molecule has 0 saturated carbocycles. The summed E-state index contributed by atoms with van der Waals surface area (Å²) in [5, 5.41) is 0. The van der Waals surface area contributed by atoms with Crippen molar-refractivity contribution in [2.75, 3.05) is 7.11 Å². The lowest BCUT2D eigenvalue weighted by molar-refractivity contribution is -0.146. The third-order valence-electron chi connectivity index (χ3n) is 2.43. The molecule has 2 aliphatic heterocycles. The molecular weight excluding hydrogens is 158 g/mol. The van der Waals surface area contributed by atoms with Crippen molar-refractivity contribution in [1.82, 2.24) is 0 Å². The van der Waals surface area contributed by atoms with E-state index < -0.39 is 0 Å². The minimum atomic E-state index is -0.315. The van der Waals surface area contributed by atoms with E-state index >= 15 is 0 Å². The van der Waals surface area contributed by atoms with Gasteiger partial charge in [-0.05, 0) is 0 Å². The Bertz CT molecular complexity index is 238. The molecule has 2 heterocycles. The third-order valence-corrected chi connectivity index (χ3v) is 2.43. The first-order chi connectivity index (χ1) is 5.74. The first-order valence-electron chi connectivity index (χ1n) is 3.91. The Balaban J connectivity index is 2.18. The van der Waals surface area contributed by atoms with Crippen molar-refractivity contribution in [3.8, 4) is 0 Å². The number of carbonyl (C=O) groups excluding carboxylic acids is 1. The standard InChI is InChI=1S/C8H11NO3/c1-11-8(10)6-4-2-3-5(12-4)7(6)9/h2-7H,9H2,1H3/t4-,5-,6+,7+/m1/s1. The van der Waals surface area contributed by atoms with Crippen molar-refractivity contribution in [1.29, 1.82) is 0 Å². The van der Waals surface area contributed by atoms with E-state index in [9.17, 15) is 4.79 Å². The molecule has 4 nitrogen and oxygen atoms in total. The highest BCUT2D eigenvalue weighted by Crippen LogP contribution is 2.33. The summed E-state index contributed by atoms with van der Waals surface area (Å²) in [6.45, 7) is 0. The zero-order valence-corrected chi connectivity index (χ0v) is 6.77. The van der Waals surface area contributed by atoms with Crippen LogP contribution in [0.4, 0.5) is 0 Å². The zero-order valence-electron chi connectivity index (χ0n) is 6.77. The van der Waals surface area contributed by atoms with Gasteiger partial charge in [-0.1, -0.05) is 12.2 Å². The lowest BCUT2D eigenvalue weighted by atomic mass is 9.90. The van der Waals surface area contributed by atoms with E-state index in [-0.39, 0.29) is 30.1 Å². The molecule has 1 fully saturated rings. The molecule has 4 heteroatoms. The summed E-state index contributed by atoms with van der Waals surface area (Å²) in [7, 11) is 1.37. The number of carbonyl (C=O) groups is 1. The van der Waals surface area contributed by atoms with Gasteiger partial charge in [0.1, 0.15) is 5.92 Å². The molecule has 0 spiro atoms. The van der Waals surface area contributed by atoms with Crippen LogP contribution in [-0.2, 0) is 14.3 Å². The van der Waals surface area contributed by atoms with Gasteiger partial charge >= 0.3 is 5.97 Å². The molecule has 2 bridgehead atoms. The first-order valence-corrected chi connectivity index (χ1v) is 3.91. The number of esters is 1. The van der Waals surface area contributed by atoms with E-state index in [0.29, 0.717) is 0 Å². The number of rotatable bonds is 1. The number of hydrogen-bond donors (Lipinski definition) is 1. The zero-order chi connectivity index (χ0) is 8.72. The molecule has 0 aromatic carbocycles. The second-order valence-corrected chi connectivity index (χ2v) is 3.08. The van der Waals surface area contributed by atoms with E-state index in [4.69, 9.17) is 10.5 Å². The average Bonchev–Trinajstić information content (AvgIpc) is 2.63. The van der Waals surface area contributed by atoms with E-state index in [1.165, 1.54) is 7.11 Å². The third kappa shape index (κ3) is 0.884. The summed E-state index contributed by atoms with van der Waals surface area (Å²) in [4.78, 5) is 11.2. The Morgan fingerprint density at radius 3 is 2.67 bits per heavy atom. The molecular formula is C8H11NO3. The monoisotopic (exact) mass is 169 g/mol. The predicted octanol–water partition coefficient (Wildman–Crippen LogP) is -0.560. The van der Waals surface area contributed by atoms with Crippen LogP contribution in [-0.4, -0.2) is 31.3 Å². The molecule has 2 N–H and O–H groups in total. The maximum Gasteiger partial charge on any atom is 0.313 e. The molecule has 0 aromatic rings. The first kappa shape index (κ1) is 7.76. The van der Waals surface area contributed by atoms with Gasteiger partial charge in [0.05, 0.1) is 25.4 Å². The fourth-order valence-electron chi connectivity index (χ4n) is 1.77. The Morgan fingerprint density at radius 2 is 2.17 bits per heavy atom. The number of methoxy groups -OCH3 is 1. The Labute approximate surface area is 70.3 Å². The maximum atomic E-state index is 11.2. The van der Waals surface area contributed by atoms with E-state index in [1.54, 1.807) is 0 Å². The molecule has 2 rings (SSSR count). The van der Waals surface area contributed by atoms with Crippen LogP contribution in [0, 0.1) is 5.92 Å². The van der Waals surface area contributed by atoms with Gasteiger partial charge in [0, 0.05) is 0 Å². The van der Waals surface area contributed by atoms with Gasteiger partial charge in [0.15, 0.2) is 0 Å². The van der Waals surface area contributed by atoms with Crippen LogP contribution < -0.4 is 5.73 Å². The normalized spacial score (nSPS) is 43.5. The second-order valence-electron chi connectivity index (χ2n) is 3.08. The molecule has 66 valence electrons. The molecule has 0 aliphatic carbocycles. The largest absolute Gasteiger partial charge is 0.469 e. The minimum absolute atomic E-state index is 0.0981. The summed E-state index contributed by atoms with van der Waals surface area (Å²) in [5.74, 6) is -0.593. The van der Waals surface area contributed by atoms with Crippen molar-refractivity contribution in [2.45, 2.75) is 18.2 Å². The maximum absolute atomic E-state index is 11.2. The molecule has 4 atom stereocenters. The average molecular weight is 169 g/mol. The fourth-order valence-corrected chi connectivity index (χ4v) is 1.77. The summed E-state index contributed by atoms with van der Waals surface area (Å²) in [5.41, 5.74) is 5.76. The fraction of sp³-hybridized carbons (Fsp3) is 0.625. The van der Waals surface area contributed by atoms with Crippen LogP contribution in [0.2, 0.25) is 0 Å². The van der Waals surface area contributed by atoms with Crippen LogP contribution in [0.3, 0.4) is 0 Å².